The van der Waals surface area contributed by atoms with Crippen molar-refractivity contribution >= 4 is 64.0 Å². The first kappa shape index (κ1) is 15.0. The zero-order valence-electron chi connectivity index (χ0n) is 11.2. The number of nitrogens with zero attached hydrogens (tertiary/aromatic N) is 1. The summed E-state index contributed by atoms with van der Waals surface area (Å²) in [6, 6.07) is 7.50. The van der Waals surface area contributed by atoms with E-state index in [1.165, 1.54) is 22.7 Å². The molecular weight excluding hydrogens is 392 g/mol. The smallest absolute Gasteiger partial charge is 0.254 e. The van der Waals surface area contributed by atoms with Crippen LogP contribution in [-0.4, -0.2) is 13.4 Å². The summed E-state index contributed by atoms with van der Waals surface area (Å²) in [7, 11) is -3.59. The van der Waals surface area contributed by atoms with Gasteiger partial charge < -0.3 is 0 Å². The van der Waals surface area contributed by atoms with Crippen LogP contribution in [0.2, 0.25) is 0 Å². The van der Waals surface area contributed by atoms with Crippen LogP contribution in [-0.2, 0) is 10.0 Å². The molecule has 3 aromatic rings. The van der Waals surface area contributed by atoms with Crippen LogP contribution in [0.1, 0.15) is 11.1 Å². The zero-order chi connectivity index (χ0) is 15.2. The molecule has 0 fully saturated rings. The van der Waals surface area contributed by atoms with Crippen LogP contribution in [0.15, 0.2) is 32.3 Å². The number of aryl methyl sites for hydroxylation is 2. The second-order valence-corrected chi connectivity index (χ2v) is 9.93. The lowest BCUT2D eigenvalue weighted by molar-refractivity contribution is 0.603. The molecule has 0 amide bonds. The van der Waals surface area contributed by atoms with Crippen molar-refractivity contribution in [2.75, 3.05) is 4.72 Å². The van der Waals surface area contributed by atoms with Crippen LogP contribution in [0.5, 0.6) is 0 Å². The number of halogens is 1. The summed E-state index contributed by atoms with van der Waals surface area (Å²) in [6.45, 7) is 3.86. The van der Waals surface area contributed by atoms with Gasteiger partial charge in [-0.05, 0) is 59.1 Å². The average Bonchev–Trinajstić information content (AvgIpc) is 2.92. The number of sulfonamides is 1. The van der Waals surface area contributed by atoms with E-state index in [1.807, 2.05) is 32.0 Å². The van der Waals surface area contributed by atoms with Gasteiger partial charge in [0, 0.05) is 0 Å². The number of thiophene rings is 1. The fraction of sp³-hybridized carbons (Fsp3) is 0.154. The standard InChI is InChI=1S/C13H11BrN2O2S3/c1-7-3-4-9-10(5-7)19-13(15-9)16-21(17,18)11-6-8(2)12(14)20-11/h3-6H,1-2H3,(H,15,16). The lowest BCUT2D eigenvalue weighted by Gasteiger charge is -2.01. The highest BCUT2D eigenvalue weighted by Crippen LogP contribution is 2.33. The van der Waals surface area contributed by atoms with Crippen molar-refractivity contribution in [1.29, 1.82) is 0 Å². The van der Waals surface area contributed by atoms with E-state index in [2.05, 4.69) is 25.6 Å². The summed E-state index contributed by atoms with van der Waals surface area (Å²) in [5.41, 5.74) is 2.82. The zero-order valence-corrected chi connectivity index (χ0v) is 15.2. The summed E-state index contributed by atoms with van der Waals surface area (Å²) in [6.07, 6.45) is 0. The Morgan fingerprint density at radius 2 is 1.95 bits per heavy atom. The molecule has 0 radical (unpaired) electrons. The molecule has 0 unspecified atom stereocenters. The van der Waals surface area contributed by atoms with E-state index in [4.69, 9.17) is 0 Å². The fourth-order valence-corrected chi connectivity index (χ4v) is 6.23. The van der Waals surface area contributed by atoms with Crippen molar-refractivity contribution in [2.45, 2.75) is 18.1 Å². The molecule has 0 aliphatic heterocycles. The third-order valence-corrected chi connectivity index (χ3v) is 7.88. The van der Waals surface area contributed by atoms with Crippen molar-refractivity contribution in [3.8, 4) is 0 Å². The molecule has 0 saturated carbocycles. The van der Waals surface area contributed by atoms with E-state index in [-0.39, 0.29) is 4.21 Å². The van der Waals surface area contributed by atoms with Crippen molar-refractivity contribution in [2.24, 2.45) is 0 Å². The maximum absolute atomic E-state index is 12.4. The lowest BCUT2D eigenvalue weighted by Crippen LogP contribution is -2.11. The Hall–Kier alpha value is -0.960. The first-order valence-electron chi connectivity index (χ1n) is 6.01. The minimum absolute atomic E-state index is 0.280. The molecule has 2 aromatic heterocycles. The number of aromatic nitrogens is 1. The van der Waals surface area contributed by atoms with E-state index < -0.39 is 10.0 Å². The molecule has 21 heavy (non-hydrogen) atoms. The third-order valence-electron chi connectivity index (χ3n) is 2.87. The highest BCUT2D eigenvalue weighted by molar-refractivity contribution is 9.11. The molecule has 0 aliphatic rings. The fourth-order valence-electron chi connectivity index (χ4n) is 1.80. The van der Waals surface area contributed by atoms with Crippen LogP contribution in [0.3, 0.4) is 0 Å². The van der Waals surface area contributed by atoms with Crippen molar-refractivity contribution in [3.05, 3.63) is 39.2 Å². The molecule has 8 heteroatoms. The van der Waals surface area contributed by atoms with E-state index in [1.54, 1.807) is 6.07 Å². The Balaban J connectivity index is 1.97. The summed E-state index contributed by atoms with van der Waals surface area (Å²) in [5, 5.41) is 0.387. The van der Waals surface area contributed by atoms with E-state index in [9.17, 15) is 8.42 Å². The maximum Gasteiger partial charge on any atom is 0.273 e. The molecule has 2 heterocycles. The lowest BCUT2D eigenvalue weighted by atomic mass is 10.2. The van der Waals surface area contributed by atoms with Gasteiger partial charge in [-0.1, -0.05) is 17.4 Å². The van der Waals surface area contributed by atoms with Gasteiger partial charge in [0.1, 0.15) is 4.21 Å². The second-order valence-electron chi connectivity index (χ2n) is 4.62. The van der Waals surface area contributed by atoms with Gasteiger partial charge in [0.15, 0.2) is 5.13 Å². The van der Waals surface area contributed by atoms with Gasteiger partial charge in [0.2, 0.25) is 0 Å². The molecule has 1 N–H and O–H groups in total. The number of thiazole rings is 1. The number of fused-ring (bicyclic) bond motifs is 1. The van der Waals surface area contributed by atoms with Crippen LogP contribution < -0.4 is 4.72 Å². The van der Waals surface area contributed by atoms with Gasteiger partial charge in [-0.2, -0.15) is 0 Å². The van der Waals surface area contributed by atoms with Crippen LogP contribution in [0.25, 0.3) is 10.2 Å². The molecule has 0 saturated heterocycles. The molecule has 3 rings (SSSR count). The van der Waals surface area contributed by atoms with E-state index in [0.29, 0.717) is 5.13 Å². The Morgan fingerprint density at radius 3 is 2.62 bits per heavy atom. The normalized spacial score (nSPS) is 12.0. The van der Waals surface area contributed by atoms with Gasteiger partial charge in [-0.25, -0.2) is 13.4 Å². The highest BCUT2D eigenvalue weighted by atomic mass is 79.9. The SMILES string of the molecule is Cc1ccc2nc(NS(=O)(=O)c3cc(C)c(Br)s3)sc2c1. The summed E-state index contributed by atoms with van der Waals surface area (Å²) >= 11 is 5.87. The second kappa shape index (κ2) is 5.35. The first-order valence-corrected chi connectivity index (χ1v) is 9.92. The molecule has 0 atom stereocenters. The topological polar surface area (TPSA) is 59.1 Å². The van der Waals surface area contributed by atoms with E-state index in [0.717, 1.165) is 25.1 Å². The molecule has 0 spiro atoms. The number of anilines is 1. The molecule has 4 nitrogen and oxygen atoms in total. The molecule has 110 valence electrons. The minimum Gasteiger partial charge on any atom is -0.254 e. The third kappa shape index (κ3) is 2.98. The maximum atomic E-state index is 12.4. The van der Waals surface area contributed by atoms with Gasteiger partial charge in [-0.3, -0.25) is 4.72 Å². The van der Waals surface area contributed by atoms with Crippen molar-refractivity contribution < 1.29 is 8.42 Å². The van der Waals surface area contributed by atoms with Crippen LogP contribution >= 0.6 is 38.6 Å². The minimum atomic E-state index is -3.59. The number of hydrogen-bond acceptors (Lipinski definition) is 5. The number of benzene rings is 1. The Labute approximate surface area is 139 Å². The van der Waals surface area contributed by atoms with Crippen LogP contribution in [0, 0.1) is 13.8 Å². The molecular formula is C13H11BrN2O2S3. The molecule has 1 aromatic carbocycles. The van der Waals surface area contributed by atoms with Gasteiger partial charge in [0.25, 0.3) is 10.0 Å². The van der Waals surface area contributed by atoms with E-state index >= 15 is 0 Å². The predicted molar refractivity (Wildman–Crippen MR) is 91.9 cm³/mol. The Kier molecular flexibility index (Phi) is 3.81. The van der Waals surface area contributed by atoms with Crippen molar-refractivity contribution in [3.63, 3.8) is 0 Å². The molecule has 0 bridgehead atoms. The number of rotatable bonds is 3. The Bertz CT molecular complexity index is 909. The Morgan fingerprint density at radius 1 is 1.19 bits per heavy atom. The molecule has 0 aliphatic carbocycles. The number of nitrogens with one attached hydrogen (secondary N) is 1. The number of hydrogen-bond donors (Lipinski definition) is 1. The van der Waals surface area contributed by atoms with Crippen LogP contribution in [0.4, 0.5) is 5.13 Å². The monoisotopic (exact) mass is 402 g/mol. The average molecular weight is 403 g/mol. The van der Waals surface area contributed by atoms with Gasteiger partial charge in [-0.15, -0.1) is 11.3 Å². The first-order chi connectivity index (χ1) is 9.85. The van der Waals surface area contributed by atoms with Crippen molar-refractivity contribution in [1.82, 2.24) is 4.98 Å². The predicted octanol–water partition coefficient (Wildman–Crippen LogP) is 4.54. The van der Waals surface area contributed by atoms with Gasteiger partial charge >= 0.3 is 0 Å². The highest BCUT2D eigenvalue weighted by Gasteiger charge is 2.20. The quantitative estimate of drug-likeness (QED) is 0.699. The largest absolute Gasteiger partial charge is 0.273 e. The summed E-state index contributed by atoms with van der Waals surface area (Å²) in [5.74, 6) is 0. The summed E-state index contributed by atoms with van der Waals surface area (Å²) in [4.78, 5) is 4.31. The van der Waals surface area contributed by atoms with Gasteiger partial charge in [0.05, 0.1) is 14.0 Å². The summed E-state index contributed by atoms with van der Waals surface area (Å²) < 4.78 is 29.3.